The van der Waals surface area contributed by atoms with E-state index in [1.54, 1.807) is 0 Å². The van der Waals surface area contributed by atoms with E-state index in [0.717, 1.165) is 13.0 Å². The Morgan fingerprint density at radius 1 is 1.36 bits per heavy atom. The Kier molecular flexibility index (Phi) is 4.85. The molecule has 0 saturated heterocycles. The molecule has 0 radical (unpaired) electrons. The molecule has 0 amide bonds. The highest BCUT2D eigenvalue weighted by molar-refractivity contribution is 4.83. The van der Waals surface area contributed by atoms with Crippen LogP contribution in [0.5, 0.6) is 0 Å². The van der Waals surface area contributed by atoms with Crippen LogP contribution in [0.4, 0.5) is 0 Å². The second-order valence-electron chi connectivity index (χ2n) is 4.66. The minimum atomic E-state index is -0.254. The molecule has 0 aromatic carbocycles. The molecule has 0 aromatic rings. The molecule has 1 aliphatic rings. The summed E-state index contributed by atoms with van der Waals surface area (Å²) in [6, 6.07) is 0.758. The third-order valence-electron chi connectivity index (χ3n) is 3.15. The summed E-state index contributed by atoms with van der Waals surface area (Å²) < 4.78 is 0. The lowest BCUT2D eigenvalue weighted by molar-refractivity contribution is 0.105. The maximum atomic E-state index is 9.33. The highest BCUT2D eigenvalue weighted by Crippen LogP contribution is 2.20. The first-order valence-electron chi connectivity index (χ1n) is 5.75. The molecule has 1 rings (SSSR count). The van der Waals surface area contributed by atoms with Crippen molar-refractivity contribution in [2.45, 2.75) is 57.2 Å². The predicted molar refractivity (Wildman–Crippen MR) is 59.2 cm³/mol. The smallest absolute Gasteiger partial charge is 0.0639 e. The SMILES string of the molecule is CC(O)CN(C)C1CCCCCC1N. The molecule has 1 aliphatic carbocycles. The fraction of sp³-hybridized carbons (Fsp3) is 1.00. The van der Waals surface area contributed by atoms with Gasteiger partial charge in [-0.1, -0.05) is 19.3 Å². The van der Waals surface area contributed by atoms with Crippen molar-refractivity contribution in [1.29, 1.82) is 0 Å². The molecule has 3 unspecified atom stereocenters. The number of nitrogens with zero attached hydrogens (tertiary/aromatic N) is 1. The summed E-state index contributed by atoms with van der Waals surface area (Å²) in [4.78, 5) is 2.22. The Bertz CT molecular complexity index is 161. The lowest BCUT2D eigenvalue weighted by Crippen LogP contribution is -2.47. The van der Waals surface area contributed by atoms with Gasteiger partial charge in [-0.05, 0) is 26.8 Å². The summed E-state index contributed by atoms with van der Waals surface area (Å²) in [6.45, 7) is 2.57. The van der Waals surface area contributed by atoms with Gasteiger partial charge in [0.25, 0.3) is 0 Å². The van der Waals surface area contributed by atoms with Crippen molar-refractivity contribution in [2.75, 3.05) is 13.6 Å². The normalized spacial score (nSPS) is 31.5. The zero-order valence-electron chi connectivity index (χ0n) is 9.45. The summed E-state index contributed by atoms with van der Waals surface area (Å²) in [7, 11) is 2.07. The van der Waals surface area contributed by atoms with Crippen molar-refractivity contribution < 1.29 is 5.11 Å². The second kappa shape index (κ2) is 5.69. The van der Waals surface area contributed by atoms with Gasteiger partial charge in [0.1, 0.15) is 0 Å². The predicted octanol–water partition coefficient (Wildman–Crippen LogP) is 0.959. The number of hydrogen-bond acceptors (Lipinski definition) is 3. The lowest BCUT2D eigenvalue weighted by atomic mass is 10.0. The van der Waals surface area contributed by atoms with E-state index in [4.69, 9.17) is 5.73 Å². The second-order valence-corrected chi connectivity index (χ2v) is 4.66. The summed E-state index contributed by atoms with van der Waals surface area (Å²) in [5.41, 5.74) is 6.13. The molecule has 3 N–H and O–H groups in total. The van der Waals surface area contributed by atoms with E-state index in [1.807, 2.05) is 6.92 Å². The Morgan fingerprint density at radius 2 is 2.00 bits per heavy atom. The number of aliphatic hydroxyl groups is 1. The lowest BCUT2D eigenvalue weighted by Gasteiger charge is -2.32. The zero-order valence-corrected chi connectivity index (χ0v) is 9.45. The number of hydrogen-bond donors (Lipinski definition) is 2. The first-order chi connectivity index (χ1) is 6.61. The van der Waals surface area contributed by atoms with Gasteiger partial charge in [0.05, 0.1) is 6.10 Å². The highest BCUT2D eigenvalue weighted by atomic mass is 16.3. The van der Waals surface area contributed by atoms with Crippen molar-refractivity contribution >= 4 is 0 Å². The van der Waals surface area contributed by atoms with Crippen molar-refractivity contribution in [3.8, 4) is 0 Å². The third-order valence-corrected chi connectivity index (χ3v) is 3.15. The average molecular weight is 200 g/mol. The molecule has 0 heterocycles. The number of rotatable bonds is 3. The van der Waals surface area contributed by atoms with Crippen molar-refractivity contribution in [2.24, 2.45) is 5.73 Å². The van der Waals surface area contributed by atoms with Crippen LogP contribution in [0.1, 0.15) is 39.0 Å². The van der Waals surface area contributed by atoms with Crippen LogP contribution in [0, 0.1) is 0 Å². The summed E-state index contributed by atoms with van der Waals surface area (Å²) in [5, 5.41) is 9.33. The fourth-order valence-corrected chi connectivity index (χ4v) is 2.42. The summed E-state index contributed by atoms with van der Waals surface area (Å²) >= 11 is 0. The van der Waals surface area contributed by atoms with E-state index in [9.17, 15) is 5.11 Å². The van der Waals surface area contributed by atoms with Crippen LogP contribution in [0.3, 0.4) is 0 Å². The quantitative estimate of drug-likeness (QED) is 0.667. The summed E-state index contributed by atoms with van der Waals surface area (Å²) in [5.74, 6) is 0. The Balaban J connectivity index is 2.45. The maximum Gasteiger partial charge on any atom is 0.0639 e. The van der Waals surface area contributed by atoms with Crippen LogP contribution in [0.25, 0.3) is 0 Å². The molecule has 1 saturated carbocycles. The molecule has 3 nitrogen and oxygen atoms in total. The zero-order chi connectivity index (χ0) is 10.6. The van der Waals surface area contributed by atoms with E-state index in [2.05, 4.69) is 11.9 Å². The van der Waals surface area contributed by atoms with Crippen LogP contribution in [-0.4, -0.2) is 41.8 Å². The molecule has 0 spiro atoms. The van der Waals surface area contributed by atoms with Gasteiger partial charge in [0, 0.05) is 18.6 Å². The van der Waals surface area contributed by atoms with Crippen molar-refractivity contribution in [3.05, 3.63) is 0 Å². The van der Waals surface area contributed by atoms with Gasteiger partial charge in [-0.25, -0.2) is 0 Å². The van der Waals surface area contributed by atoms with Gasteiger partial charge in [0.2, 0.25) is 0 Å². The Labute approximate surface area is 87.3 Å². The van der Waals surface area contributed by atoms with Crippen molar-refractivity contribution in [3.63, 3.8) is 0 Å². The number of likely N-dealkylation sites (N-methyl/N-ethyl adjacent to an activating group) is 1. The standard InChI is InChI=1S/C11H24N2O/c1-9(14)8-13(2)11-7-5-3-4-6-10(11)12/h9-11,14H,3-8,12H2,1-2H3. The van der Waals surface area contributed by atoms with Gasteiger partial charge in [-0.2, -0.15) is 0 Å². The molecular weight excluding hydrogens is 176 g/mol. The molecule has 0 aromatic heterocycles. The minimum absolute atomic E-state index is 0.254. The van der Waals surface area contributed by atoms with E-state index < -0.39 is 0 Å². The molecule has 0 bridgehead atoms. The van der Waals surface area contributed by atoms with Crippen molar-refractivity contribution in [1.82, 2.24) is 4.90 Å². The van der Waals surface area contributed by atoms with Crippen LogP contribution >= 0.6 is 0 Å². The maximum absolute atomic E-state index is 9.33. The Morgan fingerprint density at radius 3 is 2.64 bits per heavy atom. The largest absolute Gasteiger partial charge is 0.392 e. The molecule has 84 valence electrons. The molecule has 0 aliphatic heterocycles. The van der Waals surface area contributed by atoms with Crippen LogP contribution in [0.15, 0.2) is 0 Å². The molecule has 3 atom stereocenters. The molecule has 3 heteroatoms. The molecule has 1 fully saturated rings. The van der Waals surface area contributed by atoms with Gasteiger partial charge in [-0.3, -0.25) is 4.90 Å². The van der Waals surface area contributed by atoms with Crippen LogP contribution in [-0.2, 0) is 0 Å². The number of nitrogens with two attached hydrogens (primary N) is 1. The van der Waals surface area contributed by atoms with E-state index in [0.29, 0.717) is 12.1 Å². The van der Waals surface area contributed by atoms with Gasteiger partial charge < -0.3 is 10.8 Å². The monoisotopic (exact) mass is 200 g/mol. The van der Waals surface area contributed by atoms with E-state index in [1.165, 1.54) is 25.7 Å². The van der Waals surface area contributed by atoms with Gasteiger partial charge in [-0.15, -0.1) is 0 Å². The molecular formula is C11H24N2O. The first-order valence-corrected chi connectivity index (χ1v) is 5.75. The van der Waals surface area contributed by atoms with E-state index in [-0.39, 0.29) is 6.10 Å². The minimum Gasteiger partial charge on any atom is -0.392 e. The average Bonchev–Trinajstić information content (AvgIpc) is 2.28. The molecule has 14 heavy (non-hydrogen) atoms. The third kappa shape index (κ3) is 3.56. The fourth-order valence-electron chi connectivity index (χ4n) is 2.42. The Hall–Kier alpha value is -0.120. The number of aliphatic hydroxyl groups excluding tert-OH is 1. The topological polar surface area (TPSA) is 49.5 Å². The van der Waals surface area contributed by atoms with E-state index >= 15 is 0 Å². The van der Waals surface area contributed by atoms with Gasteiger partial charge in [0.15, 0.2) is 0 Å². The highest BCUT2D eigenvalue weighted by Gasteiger charge is 2.24. The van der Waals surface area contributed by atoms with Crippen LogP contribution < -0.4 is 5.73 Å². The van der Waals surface area contributed by atoms with Crippen LogP contribution in [0.2, 0.25) is 0 Å². The van der Waals surface area contributed by atoms with Gasteiger partial charge >= 0.3 is 0 Å². The first kappa shape index (κ1) is 12.0. The summed E-state index contributed by atoms with van der Waals surface area (Å²) in [6.07, 6.45) is 5.92.